The van der Waals surface area contributed by atoms with E-state index in [-0.39, 0.29) is 6.10 Å². The summed E-state index contributed by atoms with van der Waals surface area (Å²) < 4.78 is 12.4. The zero-order valence-electron chi connectivity index (χ0n) is 22.5. The van der Waals surface area contributed by atoms with Crippen LogP contribution in [0.3, 0.4) is 0 Å². The number of carboxylic acids is 1. The minimum Gasteiger partial charge on any atom is -0.478 e. The molecule has 41 heavy (non-hydrogen) atoms. The molecule has 4 heterocycles. The molecule has 2 aliphatic heterocycles. The monoisotopic (exact) mass is 609 g/mol. The van der Waals surface area contributed by atoms with Gasteiger partial charge in [0.15, 0.2) is 5.13 Å². The zero-order chi connectivity index (χ0) is 28.2. The van der Waals surface area contributed by atoms with E-state index in [2.05, 4.69) is 15.4 Å². The number of nitrogens with zero attached hydrogens (tertiary/aromatic N) is 3. The van der Waals surface area contributed by atoms with Crippen LogP contribution in [0.15, 0.2) is 46.3 Å². The molecule has 1 saturated carbocycles. The van der Waals surface area contributed by atoms with E-state index in [4.69, 9.17) is 37.4 Å². The second-order valence-corrected chi connectivity index (χ2v) is 12.9. The Labute approximate surface area is 252 Å². The van der Waals surface area contributed by atoms with Crippen LogP contribution in [-0.2, 0) is 11.3 Å². The van der Waals surface area contributed by atoms with Gasteiger partial charge in [0.25, 0.3) is 0 Å². The number of anilines is 1. The molecule has 7 nitrogen and oxygen atoms in total. The van der Waals surface area contributed by atoms with Gasteiger partial charge in [0.1, 0.15) is 11.5 Å². The molecule has 10 heteroatoms. The van der Waals surface area contributed by atoms with E-state index in [1.54, 1.807) is 23.5 Å². The molecule has 212 valence electrons. The van der Waals surface area contributed by atoms with Crippen LogP contribution in [0.2, 0.25) is 10.0 Å². The summed E-state index contributed by atoms with van der Waals surface area (Å²) in [4.78, 5) is 18.8. The number of fused-ring (bicyclic) bond motifs is 2. The number of rotatable bonds is 8. The van der Waals surface area contributed by atoms with Crippen molar-refractivity contribution in [3.05, 3.63) is 74.3 Å². The maximum Gasteiger partial charge on any atom is 0.335 e. The predicted octanol–water partition coefficient (Wildman–Crippen LogP) is 8.37. The van der Waals surface area contributed by atoms with Gasteiger partial charge in [-0.15, -0.1) is 11.3 Å². The van der Waals surface area contributed by atoms with E-state index in [1.165, 1.54) is 0 Å². The molecule has 2 atom stereocenters. The number of piperidine rings is 1. The van der Waals surface area contributed by atoms with Crippen LogP contribution in [0.5, 0.6) is 0 Å². The van der Waals surface area contributed by atoms with E-state index in [1.807, 2.05) is 31.2 Å². The molecule has 1 aliphatic carbocycles. The Morgan fingerprint density at radius 1 is 1.12 bits per heavy atom. The van der Waals surface area contributed by atoms with E-state index in [0.29, 0.717) is 51.5 Å². The Kier molecular flexibility index (Phi) is 7.06. The zero-order valence-corrected chi connectivity index (χ0v) is 24.8. The fourth-order valence-corrected chi connectivity index (χ4v) is 7.96. The lowest BCUT2D eigenvalue weighted by atomic mass is 10.00. The van der Waals surface area contributed by atoms with Gasteiger partial charge in [-0.2, -0.15) is 0 Å². The normalized spacial score (nSPS) is 21.9. The molecule has 2 bridgehead atoms. The lowest BCUT2D eigenvalue weighted by Gasteiger charge is -2.38. The number of aromatic nitrogens is 2. The van der Waals surface area contributed by atoms with Gasteiger partial charge in [-0.05, 0) is 75.3 Å². The van der Waals surface area contributed by atoms with E-state index in [9.17, 15) is 9.90 Å². The second kappa shape index (κ2) is 10.7. The summed E-state index contributed by atoms with van der Waals surface area (Å²) in [6, 6.07) is 11.4. The number of hydrogen-bond donors (Lipinski definition) is 1. The average molecular weight is 611 g/mol. The Balaban J connectivity index is 1.07. The smallest absolute Gasteiger partial charge is 0.335 e. The molecular weight excluding hydrogens is 581 g/mol. The first-order valence-corrected chi connectivity index (χ1v) is 15.6. The van der Waals surface area contributed by atoms with Gasteiger partial charge in [-0.25, -0.2) is 9.78 Å². The first-order chi connectivity index (χ1) is 19.9. The van der Waals surface area contributed by atoms with Crippen molar-refractivity contribution in [1.29, 1.82) is 0 Å². The summed E-state index contributed by atoms with van der Waals surface area (Å²) in [5, 5.41) is 17.9. The molecule has 0 radical (unpaired) electrons. The summed E-state index contributed by atoms with van der Waals surface area (Å²) in [5.41, 5.74) is 5.41. The topological polar surface area (TPSA) is 88.7 Å². The third-order valence-electron chi connectivity index (χ3n) is 8.58. The van der Waals surface area contributed by atoms with Gasteiger partial charge in [0.2, 0.25) is 0 Å². The molecule has 2 aromatic heterocycles. The van der Waals surface area contributed by atoms with Crippen LogP contribution in [0, 0.1) is 6.92 Å². The third kappa shape index (κ3) is 5.05. The fraction of sp³-hybridized carbons (Fsp3) is 0.387. The molecule has 3 aliphatic rings. The summed E-state index contributed by atoms with van der Waals surface area (Å²) >= 11 is 14.7. The standard InChI is InChI=1S/C31H29Cl2N3O4S/c1-16-11-18(30(37)38)7-10-22(16)26-15-41-31(34-26)36-19-8-9-20(36)13-21(12-19)39-14-23-28(35-40-29(23)17-5-6-17)27-24(32)3-2-4-25(27)33/h2-4,7,10-11,15,17,19-21H,5-6,8-9,12-14H2,1H3,(H,37,38). The van der Waals surface area contributed by atoms with E-state index >= 15 is 0 Å². The summed E-state index contributed by atoms with van der Waals surface area (Å²) in [5.74, 6) is 0.368. The molecular formula is C31H29Cl2N3O4S. The lowest BCUT2D eigenvalue weighted by Crippen LogP contribution is -2.45. The van der Waals surface area contributed by atoms with E-state index < -0.39 is 5.97 Å². The molecule has 4 aromatic rings. The van der Waals surface area contributed by atoms with Crippen molar-refractivity contribution >= 4 is 45.6 Å². The van der Waals surface area contributed by atoms with Crippen molar-refractivity contribution in [2.24, 2.45) is 0 Å². The Morgan fingerprint density at radius 2 is 1.85 bits per heavy atom. The molecule has 2 unspecified atom stereocenters. The first-order valence-electron chi connectivity index (χ1n) is 14.0. The summed E-state index contributed by atoms with van der Waals surface area (Å²) in [6.07, 6.45) is 6.43. The Morgan fingerprint density at radius 3 is 2.51 bits per heavy atom. The molecule has 1 N–H and O–H groups in total. The molecule has 3 fully saturated rings. The highest BCUT2D eigenvalue weighted by atomic mass is 35.5. The van der Waals surface area contributed by atoms with Gasteiger partial charge < -0.3 is 19.3 Å². The largest absolute Gasteiger partial charge is 0.478 e. The number of ether oxygens (including phenoxy) is 1. The highest BCUT2D eigenvalue weighted by Gasteiger charge is 2.43. The molecule has 7 rings (SSSR count). The number of carbonyl (C=O) groups is 1. The third-order valence-corrected chi connectivity index (χ3v) is 10.1. The van der Waals surface area contributed by atoms with Crippen LogP contribution in [0.1, 0.15) is 71.7 Å². The average Bonchev–Trinajstić information content (AvgIpc) is 3.42. The van der Waals surface area contributed by atoms with Crippen molar-refractivity contribution in [2.45, 2.75) is 76.2 Å². The van der Waals surface area contributed by atoms with Crippen LogP contribution < -0.4 is 4.90 Å². The quantitative estimate of drug-likeness (QED) is 0.214. The Bertz CT molecular complexity index is 1600. The summed E-state index contributed by atoms with van der Waals surface area (Å²) in [6.45, 7) is 2.35. The molecule has 0 amide bonds. The highest BCUT2D eigenvalue weighted by molar-refractivity contribution is 7.14. The number of hydrogen-bond acceptors (Lipinski definition) is 7. The maximum atomic E-state index is 11.3. The van der Waals surface area contributed by atoms with Crippen molar-refractivity contribution in [3.63, 3.8) is 0 Å². The van der Waals surface area contributed by atoms with Crippen molar-refractivity contribution in [2.75, 3.05) is 4.90 Å². The number of aryl methyl sites for hydroxylation is 1. The van der Waals surface area contributed by atoms with Crippen LogP contribution in [-0.4, -0.2) is 39.4 Å². The minimum atomic E-state index is -0.919. The van der Waals surface area contributed by atoms with Crippen molar-refractivity contribution < 1.29 is 19.2 Å². The van der Waals surface area contributed by atoms with Gasteiger partial charge in [-0.1, -0.05) is 40.5 Å². The second-order valence-electron chi connectivity index (χ2n) is 11.3. The number of halogens is 2. The fourth-order valence-electron chi connectivity index (χ4n) is 6.42. The number of carboxylic acid groups (broad SMARTS) is 1. The predicted molar refractivity (Wildman–Crippen MR) is 160 cm³/mol. The summed E-state index contributed by atoms with van der Waals surface area (Å²) in [7, 11) is 0. The number of thiazole rings is 1. The molecule has 2 saturated heterocycles. The lowest BCUT2D eigenvalue weighted by molar-refractivity contribution is 0.0147. The molecule has 0 spiro atoms. The van der Waals surface area contributed by atoms with Crippen LogP contribution in [0.25, 0.3) is 22.5 Å². The highest BCUT2D eigenvalue weighted by Crippen LogP contribution is 2.47. The van der Waals surface area contributed by atoms with Gasteiger partial charge in [0, 0.05) is 40.1 Å². The SMILES string of the molecule is Cc1cc(C(=O)O)ccc1-c1csc(N2C3CCC2CC(OCc2c(-c4c(Cl)cccc4Cl)noc2C2CC2)C3)n1. The van der Waals surface area contributed by atoms with Gasteiger partial charge >= 0.3 is 5.97 Å². The first kappa shape index (κ1) is 27.0. The number of benzene rings is 2. The van der Waals surface area contributed by atoms with Crippen molar-refractivity contribution in [3.8, 4) is 22.5 Å². The van der Waals surface area contributed by atoms with E-state index in [0.717, 1.165) is 71.8 Å². The van der Waals surface area contributed by atoms with Crippen LogP contribution in [0.4, 0.5) is 5.13 Å². The van der Waals surface area contributed by atoms with Gasteiger partial charge in [-0.3, -0.25) is 0 Å². The van der Waals surface area contributed by atoms with Gasteiger partial charge in [0.05, 0.1) is 34.0 Å². The number of aromatic carboxylic acids is 1. The Hall–Kier alpha value is -2.91. The van der Waals surface area contributed by atoms with Crippen molar-refractivity contribution in [1.82, 2.24) is 10.1 Å². The van der Waals surface area contributed by atoms with Crippen LogP contribution >= 0.6 is 34.5 Å². The molecule has 2 aromatic carbocycles. The maximum absolute atomic E-state index is 11.3. The minimum absolute atomic E-state index is 0.130.